The first-order chi connectivity index (χ1) is 13.1. The lowest BCUT2D eigenvalue weighted by Gasteiger charge is -2.14. The molecular weight excluding hydrogens is 366 g/mol. The third-order valence-corrected chi connectivity index (χ3v) is 4.52. The van der Waals surface area contributed by atoms with Crippen molar-refractivity contribution in [3.05, 3.63) is 94.5 Å². The Kier molecular flexibility index (Phi) is 4.22. The summed E-state index contributed by atoms with van der Waals surface area (Å²) < 4.78 is 5.30. The smallest absolute Gasteiger partial charge is 0.345 e. The second-order valence-corrected chi connectivity index (χ2v) is 6.26. The number of esters is 1. The van der Waals surface area contributed by atoms with E-state index in [1.165, 1.54) is 12.1 Å². The summed E-state index contributed by atoms with van der Waals surface area (Å²) in [5.74, 6) is -1.07. The van der Waals surface area contributed by atoms with Crippen molar-refractivity contribution in [3.8, 4) is 5.75 Å². The van der Waals surface area contributed by atoms with E-state index in [9.17, 15) is 14.4 Å². The summed E-state index contributed by atoms with van der Waals surface area (Å²) in [5, 5.41) is 0.296. The number of carbonyl (C=O) groups is 3. The van der Waals surface area contributed by atoms with E-state index in [1.807, 2.05) is 0 Å². The van der Waals surface area contributed by atoms with Crippen molar-refractivity contribution in [2.45, 2.75) is 0 Å². The molecule has 0 saturated carbocycles. The molecule has 132 valence electrons. The van der Waals surface area contributed by atoms with Gasteiger partial charge in [0, 0.05) is 0 Å². The Labute approximate surface area is 159 Å². The number of benzene rings is 3. The molecule has 0 aromatic heterocycles. The van der Waals surface area contributed by atoms with Crippen LogP contribution in [0.4, 0.5) is 5.69 Å². The average Bonchev–Trinajstić information content (AvgIpc) is 2.94. The normalized spacial score (nSPS) is 12.9. The minimum absolute atomic E-state index is 0.253. The van der Waals surface area contributed by atoms with Crippen LogP contribution in [0.15, 0.2) is 72.8 Å². The first kappa shape index (κ1) is 17.0. The summed E-state index contributed by atoms with van der Waals surface area (Å²) >= 11 is 5.99. The molecule has 6 heteroatoms. The van der Waals surface area contributed by atoms with Crippen molar-refractivity contribution in [1.82, 2.24) is 0 Å². The highest BCUT2D eigenvalue weighted by atomic mass is 35.5. The zero-order valence-electron chi connectivity index (χ0n) is 13.9. The quantitative estimate of drug-likeness (QED) is 0.386. The first-order valence-corrected chi connectivity index (χ1v) is 8.48. The van der Waals surface area contributed by atoms with E-state index < -0.39 is 5.97 Å². The topological polar surface area (TPSA) is 63.7 Å². The fraction of sp³-hybridized carbons (Fsp3) is 0. The molecule has 0 N–H and O–H groups in total. The largest absolute Gasteiger partial charge is 0.423 e. The summed E-state index contributed by atoms with van der Waals surface area (Å²) in [6, 6.07) is 19.4. The molecule has 2 amide bonds. The molecular formula is C21H12ClNO4. The average molecular weight is 378 g/mol. The Morgan fingerprint density at radius 2 is 1.33 bits per heavy atom. The van der Waals surface area contributed by atoms with Crippen LogP contribution >= 0.6 is 11.6 Å². The lowest BCUT2D eigenvalue weighted by molar-refractivity contribution is 0.0734. The number of fused-ring (bicyclic) bond motifs is 1. The molecule has 0 unspecified atom stereocenters. The molecule has 0 bridgehead atoms. The zero-order valence-corrected chi connectivity index (χ0v) is 14.6. The van der Waals surface area contributed by atoms with E-state index in [-0.39, 0.29) is 23.1 Å². The van der Waals surface area contributed by atoms with Gasteiger partial charge < -0.3 is 4.74 Å². The number of anilines is 1. The predicted octanol–water partition coefficient (Wildman–Crippen LogP) is 4.36. The van der Waals surface area contributed by atoms with E-state index in [0.717, 1.165) is 4.90 Å². The standard InChI is InChI=1S/C21H12ClNO4/c22-18-8-4-3-7-17(18)21(26)27-14-11-9-13(10-12-14)23-19(24)15-5-1-2-6-16(15)20(23)25/h1-12H. The second-order valence-electron chi connectivity index (χ2n) is 5.85. The lowest BCUT2D eigenvalue weighted by Crippen LogP contribution is -2.29. The molecule has 5 nitrogen and oxygen atoms in total. The molecule has 27 heavy (non-hydrogen) atoms. The zero-order chi connectivity index (χ0) is 19.0. The van der Waals surface area contributed by atoms with Crippen molar-refractivity contribution in [2.75, 3.05) is 4.90 Å². The maximum atomic E-state index is 12.5. The number of carbonyl (C=O) groups excluding carboxylic acids is 3. The third kappa shape index (κ3) is 2.98. The van der Waals surface area contributed by atoms with Gasteiger partial charge in [0.2, 0.25) is 0 Å². The highest BCUT2D eigenvalue weighted by Gasteiger charge is 2.36. The molecule has 0 atom stereocenters. The highest BCUT2D eigenvalue weighted by molar-refractivity contribution is 6.34. The van der Waals surface area contributed by atoms with Crippen LogP contribution in [-0.2, 0) is 0 Å². The van der Waals surface area contributed by atoms with Crippen molar-refractivity contribution >= 4 is 35.1 Å². The van der Waals surface area contributed by atoms with E-state index in [2.05, 4.69) is 0 Å². The molecule has 0 radical (unpaired) electrons. The first-order valence-electron chi connectivity index (χ1n) is 8.11. The van der Waals surface area contributed by atoms with Crippen LogP contribution in [0, 0.1) is 0 Å². The molecule has 0 aliphatic carbocycles. The van der Waals surface area contributed by atoms with Crippen molar-refractivity contribution in [3.63, 3.8) is 0 Å². The van der Waals surface area contributed by atoms with Gasteiger partial charge in [-0.2, -0.15) is 0 Å². The number of amides is 2. The SMILES string of the molecule is O=C(Oc1ccc(N2C(=O)c3ccccc3C2=O)cc1)c1ccccc1Cl. The molecule has 4 rings (SSSR count). The fourth-order valence-electron chi connectivity index (χ4n) is 2.88. The Balaban J connectivity index is 1.55. The lowest BCUT2D eigenvalue weighted by atomic mass is 10.1. The second kappa shape index (κ2) is 6.70. The summed E-state index contributed by atoms with van der Waals surface area (Å²) in [6.07, 6.45) is 0. The van der Waals surface area contributed by atoms with Gasteiger partial charge in [-0.1, -0.05) is 35.9 Å². The molecule has 1 aliphatic rings. The van der Waals surface area contributed by atoms with Gasteiger partial charge in [-0.3, -0.25) is 9.59 Å². The van der Waals surface area contributed by atoms with E-state index in [1.54, 1.807) is 60.7 Å². The molecule has 1 aliphatic heterocycles. The number of imide groups is 1. The van der Waals surface area contributed by atoms with Gasteiger partial charge >= 0.3 is 5.97 Å². The summed E-state index contributed by atoms with van der Waals surface area (Å²) in [7, 11) is 0. The van der Waals surface area contributed by atoms with E-state index >= 15 is 0 Å². The Morgan fingerprint density at radius 3 is 1.93 bits per heavy atom. The van der Waals surface area contributed by atoms with Gasteiger partial charge in [-0.05, 0) is 48.5 Å². The van der Waals surface area contributed by atoms with Crippen molar-refractivity contribution in [2.24, 2.45) is 0 Å². The minimum atomic E-state index is -0.589. The molecule has 0 saturated heterocycles. The van der Waals surface area contributed by atoms with Crippen LogP contribution in [0.3, 0.4) is 0 Å². The third-order valence-electron chi connectivity index (χ3n) is 4.19. The molecule has 3 aromatic rings. The maximum absolute atomic E-state index is 12.5. The monoisotopic (exact) mass is 377 g/mol. The number of halogens is 1. The molecule has 0 spiro atoms. The van der Waals surface area contributed by atoms with Gasteiger partial charge in [0.25, 0.3) is 11.8 Å². The highest BCUT2D eigenvalue weighted by Crippen LogP contribution is 2.29. The van der Waals surface area contributed by atoms with E-state index in [4.69, 9.17) is 16.3 Å². The summed E-state index contributed by atoms with van der Waals surface area (Å²) in [4.78, 5) is 38.3. The molecule has 0 fully saturated rings. The van der Waals surface area contributed by atoms with Crippen LogP contribution in [0.1, 0.15) is 31.1 Å². The van der Waals surface area contributed by atoms with Crippen LogP contribution in [0.5, 0.6) is 5.75 Å². The van der Waals surface area contributed by atoms with E-state index in [0.29, 0.717) is 21.8 Å². The summed E-state index contributed by atoms with van der Waals surface area (Å²) in [5.41, 5.74) is 1.40. The molecule has 3 aromatic carbocycles. The Bertz CT molecular complexity index is 1040. The van der Waals surface area contributed by atoms with Crippen LogP contribution in [0.25, 0.3) is 0 Å². The van der Waals surface area contributed by atoms with Gasteiger partial charge in [0.05, 0.1) is 27.4 Å². The number of rotatable bonds is 3. The van der Waals surface area contributed by atoms with Crippen LogP contribution in [-0.4, -0.2) is 17.8 Å². The Hall–Kier alpha value is -3.44. The number of nitrogens with zero attached hydrogens (tertiary/aromatic N) is 1. The van der Waals surface area contributed by atoms with Crippen molar-refractivity contribution in [1.29, 1.82) is 0 Å². The Morgan fingerprint density at radius 1 is 0.778 bits per heavy atom. The number of ether oxygens (including phenoxy) is 1. The van der Waals surface area contributed by atoms with Crippen molar-refractivity contribution < 1.29 is 19.1 Å². The van der Waals surface area contributed by atoms with Gasteiger partial charge in [-0.25, -0.2) is 9.69 Å². The molecule has 1 heterocycles. The van der Waals surface area contributed by atoms with Gasteiger partial charge in [0.1, 0.15) is 5.75 Å². The summed E-state index contributed by atoms with van der Waals surface area (Å²) in [6.45, 7) is 0. The van der Waals surface area contributed by atoms with Gasteiger partial charge in [-0.15, -0.1) is 0 Å². The van der Waals surface area contributed by atoms with Crippen LogP contribution < -0.4 is 9.64 Å². The maximum Gasteiger partial charge on any atom is 0.345 e. The predicted molar refractivity (Wildman–Crippen MR) is 100 cm³/mol. The number of hydrogen-bond donors (Lipinski definition) is 0. The minimum Gasteiger partial charge on any atom is -0.423 e. The van der Waals surface area contributed by atoms with Crippen LogP contribution in [0.2, 0.25) is 5.02 Å². The fourth-order valence-corrected chi connectivity index (χ4v) is 3.09. The van der Waals surface area contributed by atoms with Gasteiger partial charge in [0.15, 0.2) is 0 Å². The number of hydrogen-bond acceptors (Lipinski definition) is 4.